The Morgan fingerprint density at radius 3 is 2.27 bits per heavy atom. The number of hydrogen-bond donors (Lipinski definition) is 2. The maximum atomic E-state index is 12.3. The highest BCUT2D eigenvalue weighted by molar-refractivity contribution is 6.00. The molecule has 8 nitrogen and oxygen atoms in total. The first-order valence-electron chi connectivity index (χ1n) is 8.47. The Labute approximate surface area is 152 Å². The Bertz CT molecular complexity index is 750. The molecule has 0 atom stereocenters. The Morgan fingerprint density at radius 2 is 1.69 bits per heavy atom. The SMILES string of the molecule is COc1ccc(NC(=O)Nc2c(C)nc(N3CCOCC3)nc2C)cc1. The number of urea groups is 1. The molecule has 1 aromatic carbocycles. The van der Waals surface area contributed by atoms with Crippen LogP contribution in [-0.2, 0) is 4.74 Å². The van der Waals surface area contributed by atoms with Crippen molar-refractivity contribution >= 4 is 23.4 Å². The molecule has 2 N–H and O–H groups in total. The summed E-state index contributed by atoms with van der Waals surface area (Å²) in [4.78, 5) is 23.5. The first-order chi connectivity index (χ1) is 12.6. The minimum atomic E-state index is -0.343. The molecule has 8 heteroatoms. The van der Waals surface area contributed by atoms with Crippen molar-refractivity contribution in [2.45, 2.75) is 13.8 Å². The number of amides is 2. The van der Waals surface area contributed by atoms with E-state index in [0.29, 0.717) is 30.5 Å². The third kappa shape index (κ3) is 4.20. The number of nitrogens with one attached hydrogen (secondary N) is 2. The number of ether oxygens (including phenoxy) is 2. The molecule has 0 spiro atoms. The van der Waals surface area contributed by atoms with Crippen LogP contribution in [0, 0.1) is 13.8 Å². The summed E-state index contributed by atoms with van der Waals surface area (Å²) < 4.78 is 10.5. The van der Waals surface area contributed by atoms with Crippen LogP contribution in [0.5, 0.6) is 5.75 Å². The summed E-state index contributed by atoms with van der Waals surface area (Å²) in [5.41, 5.74) is 2.74. The average molecular weight is 357 g/mol. The molecular weight excluding hydrogens is 334 g/mol. The molecule has 1 aliphatic heterocycles. The van der Waals surface area contributed by atoms with Crippen molar-refractivity contribution in [3.8, 4) is 5.75 Å². The second kappa shape index (κ2) is 8.01. The second-order valence-electron chi connectivity index (χ2n) is 5.98. The Hall–Kier alpha value is -2.87. The number of anilines is 3. The van der Waals surface area contributed by atoms with Crippen LogP contribution in [0.3, 0.4) is 0 Å². The Balaban J connectivity index is 1.69. The zero-order valence-corrected chi connectivity index (χ0v) is 15.2. The number of benzene rings is 1. The first-order valence-corrected chi connectivity index (χ1v) is 8.47. The van der Waals surface area contributed by atoms with E-state index in [4.69, 9.17) is 9.47 Å². The fourth-order valence-corrected chi connectivity index (χ4v) is 2.73. The van der Waals surface area contributed by atoms with Crippen LogP contribution in [-0.4, -0.2) is 49.4 Å². The molecule has 3 rings (SSSR count). The first kappa shape index (κ1) is 17.9. The highest BCUT2D eigenvalue weighted by atomic mass is 16.5. The molecule has 0 saturated carbocycles. The molecule has 0 radical (unpaired) electrons. The lowest BCUT2D eigenvalue weighted by Crippen LogP contribution is -2.37. The minimum absolute atomic E-state index is 0.343. The molecule has 1 fully saturated rings. The topological polar surface area (TPSA) is 88.6 Å². The van der Waals surface area contributed by atoms with Gasteiger partial charge in [0.15, 0.2) is 0 Å². The molecule has 0 aliphatic carbocycles. The predicted octanol–water partition coefficient (Wildman–Crippen LogP) is 2.58. The summed E-state index contributed by atoms with van der Waals surface area (Å²) in [6.45, 7) is 6.61. The zero-order chi connectivity index (χ0) is 18.5. The lowest BCUT2D eigenvalue weighted by Gasteiger charge is -2.27. The molecule has 26 heavy (non-hydrogen) atoms. The number of nitrogens with zero attached hydrogens (tertiary/aromatic N) is 3. The fourth-order valence-electron chi connectivity index (χ4n) is 2.73. The van der Waals surface area contributed by atoms with E-state index < -0.39 is 0 Å². The van der Waals surface area contributed by atoms with Gasteiger partial charge in [0.2, 0.25) is 5.95 Å². The molecule has 0 unspecified atom stereocenters. The third-order valence-electron chi connectivity index (χ3n) is 4.14. The van der Waals surface area contributed by atoms with Gasteiger partial charge in [0, 0.05) is 18.8 Å². The van der Waals surface area contributed by atoms with Crippen molar-refractivity contribution in [2.24, 2.45) is 0 Å². The molecule has 2 heterocycles. The van der Waals surface area contributed by atoms with Gasteiger partial charge in [0.05, 0.1) is 37.4 Å². The minimum Gasteiger partial charge on any atom is -0.497 e. The van der Waals surface area contributed by atoms with Crippen molar-refractivity contribution < 1.29 is 14.3 Å². The summed E-state index contributed by atoms with van der Waals surface area (Å²) in [5.74, 6) is 1.40. The fraction of sp³-hybridized carbons (Fsp3) is 0.389. The van der Waals surface area contributed by atoms with Crippen LogP contribution >= 0.6 is 0 Å². The molecule has 1 saturated heterocycles. The summed E-state index contributed by atoms with van der Waals surface area (Å²) in [6.07, 6.45) is 0. The summed E-state index contributed by atoms with van der Waals surface area (Å²) in [7, 11) is 1.60. The maximum Gasteiger partial charge on any atom is 0.323 e. The van der Waals surface area contributed by atoms with E-state index in [-0.39, 0.29) is 6.03 Å². The van der Waals surface area contributed by atoms with Crippen LogP contribution in [0.25, 0.3) is 0 Å². The van der Waals surface area contributed by atoms with E-state index in [9.17, 15) is 4.79 Å². The number of aryl methyl sites for hydroxylation is 2. The van der Waals surface area contributed by atoms with Crippen LogP contribution in [0.2, 0.25) is 0 Å². The van der Waals surface area contributed by atoms with Crippen molar-refractivity contribution in [3.63, 3.8) is 0 Å². The molecule has 1 aliphatic rings. The van der Waals surface area contributed by atoms with Crippen molar-refractivity contribution in [1.29, 1.82) is 0 Å². The smallest absolute Gasteiger partial charge is 0.323 e. The van der Waals surface area contributed by atoms with E-state index in [1.165, 1.54) is 0 Å². The van der Waals surface area contributed by atoms with Crippen molar-refractivity contribution in [3.05, 3.63) is 35.7 Å². The lowest BCUT2D eigenvalue weighted by molar-refractivity contribution is 0.122. The predicted molar refractivity (Wildman–Crippen MR) is 100 cm³/mol. The quantitative estimate of drug-likeness (QED) is 0.874. The number of aromatic nitrogens is 2. The number of methoxy groups -OCH3 is 1. The molecule has 2 aromatic rings. The van der Waals surface area contributed by atoms with E-state index in [2.05, 4.69) is 25.5 Å². The standard InChI is InChI=1S/C18H23N5O3/c1-12-16(13(2)20-17(19-12)23-8-10-26-11-9-23)22-18(24)21-14-4-6-15(25-3)7-5-14/h4-7H,8-11H2,1-3H3,(H2,21,22,24). The van der Waals surface area contributed by atoms with Gasteiger partial charge in [-0.15, -0.1) is 0 Å². The van der Waals surface area contributed by atoms with Crippen LogP contribution in [0.1, 0.15) is 11.4 Å². The van der Waals surface area contributed by atoms with Gasteiger partial charge in [-0.3, -0.25) is 0 Å². The highest BCUT2D eigenvalue weighted by Crippen LogP contribution is 2.22. The maximum absolute atomic E-state index is 12.3. The average Bonchev–Trinajstić information content (AvgIpc) is 2.66. The molecule has 2 amide bonds. The van der Waals surface area contributed by atoms with Crippen LogP contribution < -0.4 is 20.3 Å². The van der Waals surface area contributed by atoms with E-state index in [1.54, 1.807) is 31.4 Å². The van der Waals surface area contributed by atoms with E-state index in [1.807, 2.05) is 13.8 Å². The van der Waals surface area contributed by atoms with E-state index >= 15 is 0 Å². The molecular formula is C18H23N5O3. The van der Waals surface area contributed by atoms with Gasteiger partial charge in [-0.1, -0.05) is 0 Å². The number of morpholine rings is 1. The zero-order valence-electron chi connectivity index (χ0n) is 15.2. The van der Waals surface area contributed by atoms with Gasteiger partial charge in [-0.05, 0) is 38.1 Å². The lowest BCUT2D eigenvalue weighted by atomic mass is 10.2. The highest BCUT2D eigenvalue weighted by Gasteiger charge is 2.17. The summed E-state index contributed by atoms with van der Waals surface area (Å²) >= 11 is 0. The number of carbonyl (C=O) groups excluding carboxylic acids is 1. The van der Waals surface area contributed by atoms with Gasteiger partial charge in [-0.2, -0.15) is 0 Å². The van der Waals surface area contributed by atoms with Gasteiger partial charge >= 0.3 is 6.03 Å². The Morgan fingerprint density at radius 1 is 1.08 bits per heavy atom. The molecule has 138 valence electrons. The number of carbonyl (C=O) groups is 1. The molecule has 1 aromatic heterocycles. The Kier molecular flexibility index (Phi) is 5.52. The van der Waals surface area contributed by atoms with Gasteiger partial charge in [0.25, 0.3) is 0 Å². The van der Waals surface area contributed by atoms with Crippen LogP contribution in [0.15, 0.2) is 24.3 Å². The van der Waals surface area contributed by atoms with E-state index in [0.717, 1.165) is 30.2 Å². The monoisotopic (exact) mass is 357 g/mol. The normalized spacial score (nSPS) is 14.0. The van der Waals surface area contributed by atoms with Crippen LogP contribution in [0.4, 0.5) is 22.1 Å². The van der Waals surface area contributed by atoms with Crippen molar-refractivity contribution in [2.75, 3.05) is 48.9 Å². The van der Waals surface area contributed by atoms with Gasteiger partial charge in [-0.25, -0.2) is 14.8 Å². The largest absolute Gasteiger partial charge is 0.497 e. The number of rotatable bonds is 4. The summed E-state index contributed by atoms with van der Waals surface area (Å²) in [6, 6.07) is 6.77. The van der Waals surface area contributed by atoms with Gasteiger partial charge in [0.1, 0.15) is 5.75 Å². The van der Waals surface area contributed by atoms with Gasteiger partial charge < -0.3 is 25.0 Å². The third-order valence-corrected chi connectivity index (χ3v) is 4.14. The molecule has 0 bridgehead atoms. The summed E-state index contributed by atoms with van der Waals surface area (Å²) in [5, 5.41) is 5.62. The van der Waals surface area contributed by atoms with Crippen molar-refractivity contribution in [1.82, 2.24) is 9.97 Å². The second-order valence-corrected chi connectivity index (χ2v) is 5.98. The number of hydrogen-bond acceptors (Lipinski definition) is 6.